The maximum atomic E-state index is 6.00. The second-order valence-electron chi connectivity index (χ2n) is 5.20. The Kier molecular flexibility index (Phi) is 2.91. The van der Waals surface area contributed by atoms with Crippen molar-refractivity contribution in [2.24, 2.45) is 0 Å². The molecule has 0 amide bonds. The number of nitrogen functional groups attached to an aromatic ring is 1. The Balaban J connectivity index is 1.79. The summed E-state index contributed by atoms with van der Waals surface area (Å²) in [6.45, 7) is 2.16. The van der Waals surface area contributed by atoms with E-state index in [9.17, 15) is 0 Å². The van der Waals surface area contributed by atoms with E-state index in [-0.39, 0.29) is 0 Å². The first-order valence-corrected chi connectivity index (χ1v) is 6.81. The first kappa shape index (κ1) is 10.9. The summed E-state index contributed by atoms with van der Waals surface area (Å²) in [6.07, 6.45) is 8.84. The van der Waals surface area contributed by atoms with Gasteiger partial charge in [0.05, 0.1) is 6.04 Å². The van der Waals surface area contributed by atoms with Gasteiger partial charge in [0, 0.05) is 13.1 Å². The predicted octanol–water partition coefficient (Wildman–Crippen LogP) is 1.97. The van der Waals surface area contributed by atoms with E-state index in [4.69, 9.17) is 5.73 Å². The van der Waals surface area contributed by atoms with Crippen molar-refractivity contribution in [1.82, 2.24) is 14.8 Å². The fourth-order valence-corrected chi connectivity index (χ4v) is 2.97. The molecule has 1 aliphatic carbocycles. The fourth-order valence-electron chi connectivity index (χ4n) is 2.97. The summed E-state index contributed by atoms with van der Waals surface area (Å²) in [7, 11) is 0. The summed E-state index contributed by atoms with van der Waals surface area (Å²) >= 11 is 0. The highest BCUT2D eigenvalue weighted by molar-refractivity contribution is 5.36. The van der Waals surface area contributed by atoms with Gasteiger partial charge in [0.2, 0.25) is 11.9 Å². The minimum atomic E-state index is 0.479. The van der Waals surface area contributed by atoms with Gasteiger partial charge in [-0.1, -0.05) is 19.3 Å². The zero-order valence-electron chi connectivity index (χ0n) is 10.3. The van der Waals surface area contributed by atoms with Crippen LogP contribution in [0.5, 0.6) is 0 Å². The summed E-state index contributed by atoms with van der Waals surface area (Å²) in [5.41, 5.74) is 6.00. The Hall–Kier alpha value is -1.26. The van der Waals surface area contributed by atoms with Crippen LogP contribution in [0.25, 0.3) is 0 Å². The molecular formula is C12H21N5. The fraction of sp³-hybridized carbons (Fsp3) is 0.833. The molecular weight excluding hydrogens is 214 g/mol. The molecule has 2 N–H and O–H groups in total. The van der Waals surface area contributed by atoms with Crippen molar-refractivity contribution in [3.63, 3.8) is 0 Å². The maximum Gasteiger partial charge on any atom is 0.246 e. The van der Waals surface area contributed by atoms with E-state index in [1.165, 1.54) is 44.9 Å². The van der Waals surface area contributed by atoms with Crippen LogP contribution < -0.4 is 10.6 Å². The van der Waals surface area contributed by atoms with Gasteiger partial charge in [0.25, 0.3) is 0 Å². The largest absolute Gasteiger partial charge is 0.368 e. The molecule has 94 valence electrons. The molecule has 0 bridgehead atoms. The van der Waals surface area contributed by atoms with Crippen LogP contribution in [-0.4, -0.2) is 27.9 Å². The molecule has 1 saturated heterocycles. The van der Waals surface area contributed by atoms with Gasteiger partial charge >= 0.3 is 0 Å². The Bertz CT molecular complexity index is 374. The molecule has 0 aromatic carbocycles. The highest BCUT2D eigenvalue weighted by atomic mass is 15.5. The highest BCUT2D eigenvalue weighted by Gasteiger charge is 2.23. The molecule has 1 aromatic heterocycles. The standard InChI is InChI=1S/C12H21N5/c13-11-14-12(16-8-4-5-9-16)15-17(11)10-6-2-1-3-7-10/h10H,1-9H2,(H2,13,14,15). The monoisotopic (exact) mass is 235 g/mol. The van der Waals surface area contributed by atoms with Gasteiger partial charge in [-0.3, -0.25) is 0 Å². The van der Waals surface area contributed by atoms with Gasteiger partial charge in [-0.2, -0.15) is 4.98 Å². The number of nitrogens with zero attached hydrogens (tertiary/aromatic N) is 4. The summed E-state index contributed by atoms with van der Waals surface area (Å²) in [5.74, 6) is 1.43. The third kappa shape index (κ3) is 2.10. The van der Waals surface area contributed by atoms with Crippen molar-refractivity contribution in [3.8, 4) is 0 Å². The Morgan fingerprint density at radius 3 is 2.41 bits per heavy atom. The summed E-state index contributed by atoms with van der Waals surface area (Å²) in [5, 5.41) is 4.62. The van der Waals surface area contributed by atoms with E-state index < -0.39 is 0 Å². The average Bonchev–Trinajstić information content (AvgIpc) is 2.99. The van der Waals surface area contributed by atoms with Gasteiger partial charge in [-0.15, -0.1) is 5.10 Å². The third-order valence-corrected chi connectivity index (χ3v) is 3.96. The molecule has 1 saturated carbocycles. The normalized spacial score (nSPS) is 22.2. The molecule has 3 rings (SSSR count). The van der Waals surface area contributed by atoms with Gasteiger partial charge in [-0.05, 0) is 25.7 Å². The van der Waals surface area contributed by atoms with E-state index in [2.05, 4.69) is 15.0 Å². The Labute approximate surface area is 102 Å². The minimum absolute atomic E-state index is 0.479. The average molecular weight is 235 g/mol. The SMILES string of the molecule is Nc1nc(N2CCCC2)nn1C1CCCCC1. The quantitative estimate of drug-likeness (QED) is 0.851. The van der Waals surface area contributed by atoms with E-state index in [0.29, 0.717) is 12.0 Å². The third-order valence-electron chi connectivity index (χ3n) is 3.96. The van der Waals surface area contributed by atoms with Crippen molar-refractivity contribution < 1.29 is 0 Å². The molecule has 2 fully saturated rings. The molecule has 5 heteroatoms. The number of aromatic nitrogens is 3. The van der Waals surface area contributed by atoms with Crippen LogP contribution in [0.1, 0.15) is 51.0 Å². The van der Waals surface area contributed by atoms with Crippen molar-refractivity contribution in [1.29, 1.82) is 0 Å². The molecule has 0 spiro atoms. The summed E-state index contributed by atoms with van der Waals surface area (Å²) in [4.78, 5) is 6.67. The van der Waals surface area contributed by atoms with E-state index >= 15 is 0 Å². The second kappa shape index (κ2) is 4.55. The van der Waals surface area contributed by atoms with Crippen LogP contribution in [0.4, 0.5) is 11.9 Å². The lowest BCUT2D eigenvalue weighted by Gasteiger charge is -2.22. The maximum absolute atomic E-state index is 6.00. The van der Waals surface area contributed by atoms with E-state index in [1.54, 1.807) is 0 Å². The molecule has 0 atom stereocenters. The topological polar surface area (TPSA) is 60.0 Å². The van der Waals surface area contributed by atoms with Crippen molar-refractivity contribution in [2.45, 2.75) is 51.0 Å². The van der Waals surface area contributed by atoms with Crippen molar-refractivity contribution >= 4 is 11.9 Å². The van der Waals surface area contributed by atoms with E-state index in [1.807, 2.05) is 4.68 Å². The van der Waals surface area contributed by atoms with Crippen LogP contribution in [0.2, 0.25) is 0 Å². The lowest BCUT2D eigenvalue weighted by atomic mass is 9.96. The smallest absolute Gasteiger partial charge is 0.246 e. The summed E-state index contributed by atoms with van der Waals surface area (Å²) in [6, 6.07) is 0.479. The van der Waals surface area contributed by atoms with Crippen molar-refractivity contribution in [3.05, 3.63) is 0 Å². The first-order chi connectivity index (χ1) is 8.34. The zero-order chi connectivity index (χ0) is 11.7. The second-order valence-corrected chi connectivity index (χ2v) is 5.20. The number of rotatable bonds is 2. The number of hydrogen-bond acceptors (Lipinski definition) is 4. The zero-order valence-corrected chi connectivity index (χ0v) is 10.3. The molecule has 17 heavy (non-hydrogen) atoms. The lowest BCUT2D eigenvalue weighted by Crippen LogP contribution is -2.20. The molecule has 2 heterocycles. The first-order valence-electron chi connectivity index (χ1n) is 6.81. The van der Waals surface area contributed by atoms with E-state index in [0.717, 1.165) is 19.0 Å². The van der Waals surface area contributed by atoms with Gasteiger partial charge in [-0.25, -0.2) is 4.68 Å². The highest BCUT2D eigenvalue weighted by Crippen LogP contribution is 2.30. The Morgan fingerprint density at radius 2 is 1.71 bits per heavy atom. The molecule has 0 unspecified atom stereocenters. The predicted molar refractivity (Wildman–Crippen MR) is 68.0 cm³/mol. The van der Waals surface area contributed by atoms with Crippen LogP contribution in [0.15, 0.2) is 0 Å². The molecule has 5 nitrogen and oxygen atoms in total. The number of nitrogens with two attached hydrogens (primary N) is 1. The number of anilines is 2. The van der Waals surface area contributed by atoms with Gasteiger partial charge in [0.1, 0.15) is 0 Å². The van der Waals surface area contributed by atoms with Crippen LogP contribution in [-0.2, 0) is 0 Å². The number of hydrogen-bond donors (Lipinski definition) is 1. The van der Waals surface area contributed by atoms with Gasteiger partial charge < -0.3 is 10.6 Å². The van der Waals surface area contributed by atoms with Crippen molar-refractivity contribution in [2.75, 3.05) is 23.7 Å². The Morgan fingerprint density at radius 1 is 1.00 bits per heavy atom. The molecule has 0 radical (unpaired) electrons. The van der Waals surface area contributed by atoms with Crippen LogP contribution >= 0.6 is 0 Å². The summed E-state index contributed by atoms with van der Waals surface area (Å²) < 4.78 is 1.97. The van der Waals surface area contributed by atoms with Gasteiger partial charge in [0.15, 0.2) is 0 Å². The molecule has 1 aliphatic heterocycles. The molecule has 2 aliphatic rings. The lowest BCUT2D eigenvalue weighted by molar-refractivity contribution is 0.333. The van der Waals surface area contributed by atoms with Crippen LogP contribution in [0, 0.1) is 0 Å². The minimum Gasteiger partial charge on any atom is -0.368 e. The van der Waals surface area contributed by atoms with Crippen LogP contribution in [0.3, 0.4) is 0 Å². The molecule has 1 aromatic rings.